The van der Waals surface area contributed by atoms with Crippen molar-refractivity contribution in [1.29, 1.82) is 0 Å². The summed E-state index contributed by atoms with van der Waals surface area (Å²) in [5.74, 6) is 0.0532. The predicted octanol–water partition coefficient (Wildman–Crippen LogP) is 1.45. The first-order valence-electron chi connectivity index (χ1n) is 6.29. The van der Waals surface area contributed by atoms with Gasteiger partial charge in [0.15, 0.2) is 0 Å². The first kappa shape index (κ1) is 13.1. The molecular weight excluding hydrogens is 226 g/mol. The van der Waals surface area contributed by atoms with Crippen LogP contribution in [0.15, 0.2) is 12.1 Å². The molecule has 2 N–H and O–H groups in total. The predicted molar refractivity (Wildman–Crippen MR) is 73.8 cm³/mol. The maximum atomic E-state index is 12.0. The maximum Gasteiger partial charge on any atom is 0.246 e. The third-order valence-corrected chi connectivity index (χ3v) is 3.24. The van der Waals surface area contributed by atoms with Crippen molar-refractivity contribution in [2.75, 3.05) is 32.5 Å². The average Bonchev–Trinajstić information content (AvgIpc) is 2.56. The van der Waals surface area contributed by atoms with E-state index in [1.165, 1.54) is 5.56 Å². The van der Waals surface area contributed by atoms with Crippen LogP contribution in [0.25, 0.3) is 0 Å². The van der Waals surface area contributed by atoms with Crippen LogP contribution in [0.2, 0.25) is 0 Å². The molecule has 1 aromatic carbocycles. The highest BCUT2D eigenvalue weighted by Crippen LogP contribution is 2.34. The van der Waals surface area contributed by atoms with Gasteiger partial charge < -0.3 is 15.5 Å². The van der Waals surface area contributed by atoms with Crippen LogP contribution in [-0.4, -0.2) is 38.0 Å². The van der Waals surface area contributed by atoms with Crippen molar-refractivity contribution in [2.24, 2.45) is 0 Å². The Balaban J connectivity index is 2.17. The topological polar surface area (TPSA) is 44.4 Å². The number of nitrogens with zero attached hydrogens (tertiary/aromatic N) is 1. The van der Waals surface area contributed by atoms with Gasteiger partial charge in [0.25, 0.3) is 0 Å². The zero-order chi connectivity index (χ0) is 13.3. The Morgan fingerprint density at radius 1 is 1.33 bits per heavy atom. The molecule has 0 spiro atoms. The lowest BCUT2D eigenvalue weighted by Crippen LogP contribution is -2.33. The number of anilines is 1. The van der Waals surface area contributed by atoms with Crippen molar-refractivity contribution in [3.8, 4) is 0 Å². The molecule has 0 saturated carbocycles. The highest BCUT2D eigenvalue weighted by molar-refractivity contribution is 6.03. The van der Waals surface area contributed by atoms with Crippen molar-refractivity contribution >= 4 is 11.6 Å². The Hall–Kier alpha value is -1.39. The molecule has 0 fully saturated rings. The van der Waals surface area contributed by atoms with E-state index >= 15 is 0 Å². The van der Waals surface area contributed by atoms with Gasteiger partial charge in [0.1, 0.15) is 6.04 Å². The van der Waals surface area contributed by atoms with Gasteiger partial charge in [-0.1, -0.05) is 17.7 Å². The van der Waals surface area contributed by atoms with Gasteiger partial charge in [-0.15, -0.1) is 0 Å². The first-order valence-corrected chi connectivity index (χ1v) is 6.29. The molecule has 98 valence electrons. The van der Waals surface area contributed by atoms with Crippen molar-refractivity contribution in [2.45, 2.75) is 19.9 Å². The van der Waals surface area contributed by atoms with E-state index in [0.717, 1.165) is 29.9 Å². The van der Waals surface area contributed by atoms with Gasteiger partial charge in [-0.3, -0.25) is 4.79 Å². The fourth-order valence-electron chi connectivity index (χ4n) is 2.37. The van der Waals surface area contributed by atoms with Gasteiger partial charge in [-0.25, -0.2) is 0 Å². The molecule has 1 aliphatic heterocycles. The minimum atomic E-state index is -0.210. The zero-order valence-electron chi connectivity index (χ0n) is 11.5. The SMILES string of the molecule is Cc1cc(C)c2c(c1)C(NCCN(C)C)C(=O)N2. The summed E-state index contributed by atoms with van der Waals surface area (Å²) in [7, 11) is 4.05. The summed E-state index contributed by atoms with van der Waals surface area (Å²) >= 11 is 0. The van der Waals surface area contributed by atoms with Gasteiger partial charge in [0, 0.05) is 24.3 Å². The molecule has 0 saturated heterocycles. The number of aryl methyl sites for hydroxylation is 2. The van der Waals surface area contributed by atoms with E-state index in [9.17, 15) is 4.79 Å². The summed E-state index contributed by atoms with van der Waals surface area (Å²) in [6.45, 7) is 5.82. The lowest BCUT2D eigenvalue weighted by Gasteiger charge is -2.15. The Bertz CT molecular complexity index is 468. The maximum absolute atomic E-state index is 12.0. The zero-order valence-corrected chi connectivity index (χ0v) is 11.5. The lowest BCUT2D eigenvalue weighted by atomic mass is 10.0. The molecule has 0 aliphatic carbocycles. The number of benzene rings is 1. The Labute approximate surface area is 108 Å². The standard InChI is InChI=1S/C14H21N3O/c1-9-7-10(2)12-11(8-9)13(14(18)16-12)15-5-6-17(3)4/h7-8,13,15H,5-6H2,1-4H3,(H,16,18). The van der Waals surface area contributed by atoms with E-state index in [0.29, 0.717) is 0 Å². The highest BCUT2D eigenvalue weighted by atomic mass is 16.2. The van der Waals surface area contributed by atoms with Crippen LogP contribution >= 0.6 is 0 Å². The van der Waals surface area contributed by atoms with Crippen LogP contribution in [0.4, 0.5) is 5.69 Å². The molecule has 4 nitrogen and oxygen atoms in total. The molecule has 1 heterocycles. The number of fused-ring (bicyclic) bond motifs is 1. The van der Waals surface area contributed by atoms with Gasteiger partial charge in [0.2, 0.25) is 5.91 Å². The fraction of sp³-hybridized carbons (Fsp3) is 0.500. The summed E-state index contributed by atoms with van der Waals surface area (Å²) in [4.78, 5) is 14.1. The quantitative estimate of drug-likeness (QED) is 0.846. The number of carbonyl (C=O) groups is 1. The summed E-state index contributed by atoms with van der Waals surface area (Å²) in [6.07, 6.45) is 0. The van der Waals surface area contributed by atoms with Gasteiger partial charge in [-0.2, -0.15) is 0 Å². The van der Waals surface area contributed by atoms with Crippen LogP contribution in [0.3, 0.4) is 0 Å². The van der Waals surface area contributed by atoms with E-state index in [-0.39, 0.29) is 11.9 Å². The average molecular weight is 247 g/mol. The monoisotopic (exact) mass is 247 g/mol. The van der Waals surface area contributed by atoms with Crippen LogP contribution in [0.1, 0.15) is 22.7 Å². The second-order valence-electron chi connectivity index (χ2n) is 5.23. The van der Waals surface area contributed by atoms with Crippen molar-refractivity contribution in [3.05, 3.63) is 28.8 Å². The van der Waals surface area contributed by atoms with E-state index in [2.05, 4.69) is 34.6 Å². The summed E-state index contributed by atoms with van der Waals surface area (Å²) < 4.78 is 0. The Morgan fingerprint density at radius 3 is 2.72 bits per heavy atom. The first-order chi connectivity index (χ1) is 8.49. The number of hydrogen-bond donors (Lipinski definition) is 2. The third kappa shape index (κ3) is 2.54. The van der Waals surface area contributed by atoms with Crippen LogP contribution in [0.5, 0.6) is 0 Å². The molecule has 0 radical (unpaired) electrons. The number of hydrogen-bond acceptors (Lipinski definition) is 3. The summed E-state index contributed by atoms with van der Waals surface area (Å²) in [5, 5.41) is 6.29. The van der Waals surface area contributed by atoms with E-state index < -0.39 is 0 Å². The third-order valence-electron chi connectivity index (χ3n) is 3.24. The Morgan fingerprint density at radius 2 is 2.06 bits per heavy atom. The molecular formula is C14H21N3O. The highest BCUT2D eigenvalue weighted by Gasteiger charge is 2.31. The molecule has 0 bridgehead atoms. The molecule has 0 aromatic heterocycles. The molecule has 1 aromatic rings. The van der Waals surface area contributed by atoms with Crippen LogP contribution in [-0.2, 0) is 4.79 Å². The second kappa shape index (κ2) is 5.08. The van der Waals surface area contributed by atoms with Crippen molar-refractivity contribution in [1.82, 2.24) is 10.2 Å². The number of nitrogens with one attached hydrogen (secondary N) is 2. The summed E-state index contributed by atoms with van der Waals surface area (Å²) in [5.41, 5.74) is 4.39. The number of amides is 1. The molecule has 1 amide bonds. The van der Waals surface area contributed by atoms with E-state index in [1.54, 1.807) is 0 Å². The molecule has 1 aliphatic rings. The van der Waals surface area contributed by atoms with Crippen LogP contribution < -0.4 is 10.6 Å². The number of rotatable bonds is 4. The van der Waals surface area contributed by atoms with Crippen LogP contribution in [0, 0.1) is 13.8 Å². The van der Waals surface area contributed by atoms with Gasteiger partial charge >= 0.3 is 0 Å². The molecule has 1 unspecified atom stereocenters. The smallest absolute Gasteiger partial charge is 0.246 e. The fourth-order valence-corrected chi connectivity index (χ4v) is 2.37. The lowest BCUT2D eigenvalue weighted by molar-refractivity contribution is -0.117. The van der Waals surface area contributed by atoms with Crippen molar-refractivity contribution in [3.63, 3.8) is 0 Å². The molecule has 18 heavy (non-hydrogen) atoms. The summed E-state index contributed by atoms with van der Waals surface area (Å²) in [6, 6.07) is 3.98. The van der Waals surface area contributed by atoms with Gasteiger partial charge in [0.05, 0.1) is 0 Å². The normalized spacial score (nSPS) is 18.1. The largest absolute Gasteiger partial charge is 0.324 e. The number of carbonyl (C=O) groups excluding carboxylic acids is 1. The molecule has 2 rings (SSSR count). The number of likely N-dealkylation sites (N-methyl/N-ethyl adjacent to an activating group) is 1. The van der Waals surface area contributed by atoms with E-state index in [4.69, 9.17) is 0 Å². The van der Waals surface area contributed by atoms with Crippen molar-refractivity contribution < 1.29 is 4.79 Å². The minimum Gasteiger partial charge on any atom is -0.324 e. The minimum absolute atomic E-state index is 0.0532. The molecule has 1 atom stereocenters. The Kier molecular flexibility index (Phi) is 3.68. The van der Waals surface area contributed by atoms with E-state index in [1.807, 2.05) is 21.0 Å². The second-order valence-corrected chi connectivity index (χ2v) is 5.23. The van der Waals surface area contributed by atoms with Gasteiger partial charge in [-0.05, 0) is 33.5 Å². The molecule has 4 heteroatoms.